The summed E-state index contributed by atoms with van der Waals surface area (Å²) in [6.07, 6.45) is -13.0. The lowest BCUT2D eigenvalue weighted by Gasteiger charge is -2.49. The summed E-state index contributed by atoms with van der Waals surface area (Å²) in [5, 5.41) is 37.7. The minimum atomic E-state index is -5.29. The maximum absolute atomic E-state index is 12.5. The van der Waals surface area contributed by atoms with Crippen LogP contribution >= 0.6 is 22.8 Å². The third-order valence-electron chi connectivity index (χ3n) is 4.55. The molecule has 18 nitrogen and oxygen atoms in total. The van der Waals surface area contributed by atoms with Crippen LogP contribution in [0.5, 0.6) is 0 Å². The average Bonchev–Trinajstić information content (AvgIpc) is 2.68. The van der Waals surface area contributed by atoms with E-state index in [1.807, 2.05) is 0 Å². The van der Waals surface area contributed by atoms with E-state index in [4.69, 9.17) is 39.7 Å². The van der Waals surface area contributed by atoms with Gasteiger partial charge in [-0.15, -0.1) is 0 Å². The quantitative estimate of drug-likeness (QED) is 0.105. The van der Waals surface area contributed by atoms with Crippen molar-refractivity contribution in [2.45, 2.75) is 56.9 Å². The topological polar surface area (TPSA) is 290 Å². The largest absolute Gasteiger partial charge is 0.481 e. The zero-order chi connectivity index (χ0) is 30.4. The summed E-state index contributed by atoms with van der Waals surface area (Å²) in [5.41, 5.74) is 0. The van der Waals surface area contributed by atoms with Crippen LogP contribution < -0.4 is 0 Å². The summed E-state index contributed by atoms with van der Waals surface area (Å²) in [4.78, 5) is 63.3. The lowest BCUT2D eigenvalue weighted by Crippen LogP contribution is -2.65. The van der Waals surface area contributed by atoms with E-state index in [-0.39, 0.29) is 6.42 Å². The van der Waals surface area contributed by atoms with Gasteiger partial charge in [-0.2, -0.15) is 0 Å². The van der Waals surface area contributed by atoms with E-state index >= 15 is 0 Å². The molecule has 0 bridgehead atoms. The third-order valence-corrected chi connectivity index (χ3v) is 8.26. The highest BCUT2D eigenvalue weighted by molar-refractivity contribution is 7.54. The van der Waals surface area contributed by atoms with Crippen molar-refractivity contribution in [2.24, 2.45) is 0 Å². The van der Waals surface area contributed by atoms with Crippen LogP contribution in [-0.2, 0) is 51.1 Å². The molecule has 0 saturated carbocycles. The molecule has 7 N–H and O–H groups in total. The normalized spacial score (nSPS) is 31.7. The van der Waals surface area contributed by atoms with Gasteiger partial charge in [-0.1, -0.05) is 13.3 Å². The fourth-order valence-corrected chi connectivity index (χ4v) is 6.37. The Morgan fingerprint density at radius 1 is 0.868 bits per heavy atom. The number of rotatable bonds is 17. The first-order valence-electron chi connectivity index (χ1n) is 11.3. The average molecular weight is 617 g/mol. The van der Waals surface area contributed by atoms with Gasteiger partial charge >= 0.3 is 40.7 Å². The first-order chi connectivity index (χ1) is 17.6. The van der Waals surface area contributed by atoms with Crippen LogP contribution in [0.2, 0.25) is 0 Å². The predicted octanol–water partition coefficient (Wildman–Crippen LogP) is -0.124. The van der Waals surface area contributed by atoms with E-state index in [0.717, 1.165) is 6.92 Å². The highest BCUT2D eigenvalue weighted by Gasteiger charge is 2.59. The lowest BCUT2D eigenvalue weighted by atomic mass is 9.93. The molecular formula is C17H31O18P3. The molecule has 1 fully saturated rings. The molecule has 222 valence electrons. The van der Waals surface area contributed by atoms with Crippen molar-refractivity contribution in [3.63, 3.8) is 0 Å². The first kappa shape index (κ1) is 32.9. The van der Waals surface area contributed by atoms with E-state index in [1.165, 1.54) is 0 Å². The zero-order valence-corrected chi connectivity index (χ0v) is 22.8. The number of hydrogen-bond donors (Lipinski definition) is 7. The highest BCUT2D eigenvalue weighted by Crippen LogP contribution is 2.54. The maximum atomic E-state index is 12.5. The van der Waals surface area contributed by atoms with Gasteiger partial charge in [0, 0.05) is 6.58 Å². The van der Waals surface area contributed by atoms with Gasteiger partial charge in [0.25, 0.3) is 0 Å². The molecular weight excluding hydrogens is 585 g/mol. The second kappa shape index (κ2) is 13.9. The number of carboxylic acid groups (broad SMARTS) is 3. The maximum Gasteiger partial charge on any atom is 0.339 e. The molecule has 0 amide bonds. The van der Waals surface area contributed by atoms with Gasteiger partial charge in [0.2, 0.25) is 0 Å². The summed E-state index contributed by atoms with van der Waals surface area (Å²) < 4.78 is 70.5. The van der Waals surface area contributed by atoms with Gasteiger partial charge in [-0.05, 0) is 13.3 Å². The minimum Gasteiger partial charge on any atom is -0.481 e. The van der Waals surface area contributed by atoms with Crippen LogP contribution in [0.1, 0.15) is 28.1 Å². The van der Waals surface area contributed by atoms with Gasteiger partial charge in [0.15, 0.2) is 5.79 Å². The van der Waals surface area contributed by atoms with E-state index in [0.29, 0.717) is 6.42 Å². The van der Waals surface area contributed by atoms with Crippen molar-refractivity contribution in [3.8, 4) is 0 Å². The monoisotopic (exact) mass is 617 g/mol. The molecule has 0 radical (unpaired) electrons. The highest BCUT2D eigenvalue weighted by atomic mass is 31.2. The number of carbonyl (C=O) groups is 3. The van der Waals surface area contributed by atoms with Crippen molar-refractivity contribution >= 4 is 40.7 Å². The van der Waals surface area contributed by atoms with Gasteiger partial charge in [0.05, 0.1) is 7.98 Å². The zero-order valence-electron chi connectivity index (χ0n) is 21.1. The standard InChI is InChI=1S/C17H31O18P3/c1-3-4-5-31-6-10-14(33-36(25,26)7-11(18)19)15(34-37(27,28)8-12(20)21)16(17(2,24)32-10)35-38(29,30)9-13(22)23/h10,14-16,24H,3-9H2,1-2H3,(H,18,19)(H,20,21)(H,22,23)(H,25,26)(H,27,28)(H,29,30)/t10-,14-,15-,16+,17?/m1/s1/i5D/t5?,10-,14-,15-,16+,17?. The minimum absolute atomic E-state index is 0.172. The van der Waals surface area contributed by atoms with Crippen LogP contribution in [0.15, 0.2) is 0 Å². The molecule has 1 heterocycles. The molecule has 38 heavy (non-hydrogen) atoms. The smallest absolute Gasteiger partial charge is 0.339 e. The second-order valence-electron chi connectivity index (χ2n) is 8.23. The number of carboxylic acids is 3. The SMILES string of the molecule is [2H]C(CCC)OC[C@H]1OC(C)(O)[C@@H](OP(=O)(O)CC(=O)O)[C@H](OP(=O)(O)CC(=O)O)[C@@H]1OP(=O)(O)CC(=O)O. The van der Waals surface area contributed by atoms with Crippen molar-refractivity contribution in [1.82, 2.24) is 0 Å². The Balaban J connectivity index is 3.67. The molecule has 1 aliphatic rings. The molecule has 1 rings (SSSR count). The molecule has 21 heteroatoms. The summed E-state index contributed by atoms with van der Waals surface area (Å²) in [6.45, 7) is 0.484. The summed E-state index contributed by atoms with van der Waals surface area (Å²) in [6, 6.07) is 0. The van der Waals surface area contributed by atoms with E-state index in [1.54, 1.807) is 6.92 Å². The lowest BCUT2D eigenvalue weighted by molar-refractivity contribution is -0.331. The second-order valence-corrected chi connectivity index (χ2v) is 13.6. The first-order valence-corrected chi connectivity index (χ1v) is 16.0. The molecule has 1 saturated heterocycles. The Labute approximate surface area is 217 Å². The Bertz CT molecular complexity index is 1030. The van der Waals surface area contributed by atoms with Crippen molar-refractivity contribution in [3.05, 3.63) is 0 Å². The molecule has 0 aliphatic carbocycles. The molecule has 1 aliphatic heterocycles. The molecule has 0 aromatic heterocycles. The van der Waals surface area contributed by atoms with Crippen LogP contribution in [0.4, 0.5) is 0 Å². The Morgan fingerprint density at radius 3 is 1.71 bits per heavy atom. The van der Waals surface area contributed by atoms with Crippen LogP contribution in [0.3, 0.4) is 0 Å². The fraction of sp³-hybridized carbons (Fsp3) is 0.824. The molecule has 0 aromatic carbocycles. The van der Waals surface area contributed by atoms with E-state index in [9.17, 15) is 47.9 Å². The van der Waals surface area contributed by atoms with Crippen molar-refractivity contribution in [2.75, 3.05) is 31.7 Å². The molecule has 5 unspecified atom stereocenters. The van der Waals surface area contributed by atoms with Gasteiger partial charge in [-0.3, -0.25) is 41.6 Å². The van der Waals surface area contributed by atoms with Gasteiger partial charge < -0.3 is 44.6 Å². The summed E-state index contributed by atoms with van der Waals surface area (Å²) in [5.74, 6) is -8.40. The van der Waals surface area contributed by atoms with Crippen LogP contribution in [-0.4, -0.2) is 115 Å². The van der Waals surface area contributed by atoms with E-state index < -0.39 is 103 Å². The Morgan fingerprint density at radius 2 is 1.29 bits per heavy atom. The number of aliphatic carboxylic acids is 3. The number of ether oxygens (including phenoxy) is 2. The number of hydrogen-bond acceptors (Lipinski definition) is 12. The van der Waals surface area contributed by atoms with Gasteiger partial charge in [-0.25, -0.2) is 0 Å². The Kier molecular flexibility index (Phi) is 12.0. The van der Waals surface area contributed by atoms with Crippen molar-refractivity contribution in [1.29, 1.82) is 0 Å². The molecule has 0 spiro atoms. The third kappa shape index (κ3) is 11.9. The van der Waals surface area contributed by atoms with Crippen LogP contribution in [0, 0.1) is 0 Å². The Hall–Kier alpha value is -1.26. The fourth-order valence-electron chi connectivity index (χ4n) is 3.21. The number of aliphatic hydroxyl groups is 1. The van der Waals surface area contributed by atoms with Crippen molar-refractivity contribution < 1.29 is 87.6 Å². The summed E-state index contributed by atoms with van der Waals surface area (Å²) >= 11 is 0. The summed E-state index contributed by atoms with van der Waals surface area (Å²) in [7, 11) is -15.7. The van der Waals surface area contributed by atoms with E-state index in [2.05, 4.69) is 0 Å². The molecule has 0 aromatic rings. The van der Waals surface area contributed by atoms with Gasteiger partial charge in [0.1, 0.15) is 42.9 Å². The molecule has 9 atom stereocenters. The predicted molar refractivity (Wildman–Crippen MR) is 123 cm³/mol. The van der Waals surface area contributed by atoms with Crippen LogP contribution in [0.25, 0.3) is 0 Å².